The summed E-state index contributed by atoms with van der Waals surface area (Å²) < 4.78 is 0. The average Bonchev–Trinajstić information content (AvgIpc) is 1.97. The molecule has 0 aliphatic heterocycles. The maximum absolute atomic E-state index is 8.35. The molecule has 2 N–H and O–H groups in total. The predicted molar refractivity (Wildman–Crippen MR) is 40.7 cm³/mol. The Morgan fingerprint density at radius 2 is 1.91 bits per heavy atom. The molecule has 0 aliphatic rings. The highest BCUT2D eigenvalue weighted by Gasteiger charge is 2.05. The van der Waals surface area contributed by atoms with Gasteiger partial charge in [0, 0.05) is 5.56 Å². The summed E-state index contributed by atoms with van der Waals surface area (Å²) in [6.07, 6.45) is 1.26. The first kappa shape index (κ1) is 8.67. The number of hydrogen-bond acceptors (Lipinski definition) is 4. The van der Waals surface area contributed by atoms with Crippen LogP contribution in [-0.4, -0.2) is 15.2 Å². The molecule has 6 heteroatoms. The maximum atomic E-state index is 8.35. The van der Waals surface area contributed by atoms with E-state index in [1.807, 2.05) is 5.48 Å². The quantitative estimate of drug-likeness (QED) is 0.549. The Balaban J connectivity index is 3.00. The van der Waals surface area contributed by atoms with E-state index in [0.717, 1.165) is 0 Å². The maximum Gasteiger partial charge on any atom is 0.138 e. The molecule has 0 saturated heterocycles. The Morgan fingerprint density at radius 3 is 2.36 bits per heavy atom. The molecular weight excluding hydrogens is 189 g/mol. The molecule has 1 heterocycles. The zero-order valence-corrected chi connectivity index (χ0v) is 6.89. The lowest BCUT2D eigenvalue weighted by Gasteiger charge is -2.01. The highest BCUT2D eigenvalue weighted by atomic mass is 35.5. The van der Waals surface area contributed by atoms with Gasteiger partial charge in [0.2, 0.25) is 0 Å². The molecule has 60 valence electrons. The second-order valence-corrected chi connectivity index (χ2v) is 2.48. The van der Waals surface area contributed by atoms with Crippen LogP contribution in [-0.2, 0) is 6.54 Å². The van der Waals surface area contributed by atoms with Gasteiger partial charge in [-0.05, 0) is 0 Å². The van der Waals surface area contributed by atoms with Gasteiger partial charge < -0.3 is 5.21 Å². The van der Waals surface area contributed by atoms with Crippen LogP contribution in [0.4, 0.5) is 0 Å². The van der Waals surface area contributed by atoms with Gasteiger partial charge in [-0.1, -0.05) is 23.2 Å². The number of hydrogen-bond donors (Lipinski definition) is 2. The summed E-state index contributed by atoms with van der Waals surface area (Å²) in [7, 11) is 0. The van der Waals surface area contributed by atoms with Gasteiger partial charge in [-0.2, -0.15) is 0 Å². The topological polar surface area (TPSA) is 58.0 Å². The monoisotopic (exact) mass is 193 g/mol. The van der Waals surface area contributed by atoms with Crippen LogP contribution in [0.25, 0.3) is 0 Å². The Labute approximate surface area is 73.1 Å². The Bertz CT molecular complexity index is 235. The van der Waals surface area contributed by atoms with E-state index >= 15 is 0 Å². The Kier molecular flexibility index (Phi) is 3.02. The number of rotatable bonds is 2. The number of hydroxylamine groups is 1. The molecule has 0 spiro atoms. The van der Waals surface area contributed by atoms with Crippen molar-refractivity contribution in [1.29, 1.82) is 0 Å². The summed E-state index contributed by atoms with van der Waals surface area (Å²) in [4.78, 5) is 7.35. The van der Waals surface area contributed by atoms with E-state index in [4.69, 9.17) is 28.4 Å². The van der Waals surface area contributed by atoms with Crippen molar-refractivity contribution in [3.63, 3.8) is 0 Å². The zero-order valence-electron chi connectivity index (χ0n) is 5.38. The number of aromatic nitrogens is 2. The van der Waals surface area contributed by atoms with Crippen molar-refractivity contribution in [1.82, 2.24) is 15.4 Å². The standard InChI is InChI=1S/C5H5Cl2N3O/c6-4-3(1-10-11)5(7)9-2-8-4/h2,10-11H,1H2. The van der Waals surface area contributed by atoms with Crippen molar-refractivity contribution in [3.05, 3.63) is 22.2 Å². The van der Waals surface area contributed by atoms with Gasteiger partial charge >= 0.3 is 0 Å². The molecule has 0 aliphatic carbocycles. The van der Waals surface area contributed by atoms with Crippen molar-refractivity contribution < 1.29 is 5.21 Å². The number of halogens is 2. The normalized spacial score (nSPS) is 10.1. The highest BCUT2D eigenvalue weighted by molar-refractivity contribution is 6.34. The molecule has 0 bridgehead atoms. The van der Waals surface area contributed by atoms with Crippen molar-refractivity contribution in [2.45, 2.75) is 6.54 Å². The van der Waals surface area contributed by atoms with Crippen LogP contribution in [0.1, 0.15) is 5.56 Å². The Hall–Kier alpha value is -0.420. The zero-order chi connectivity index (χ0) is 8.27. The van der Waals surface area contributed by atoms with Crippen molar-refractivity contribution in [2.24, 2.45) is 0 Å². The van der Waals surface area contributed by atoms with Gasteiger partial charge in [0.15, 0.2) is 0 Å². The summed E-state index contributed by atoms with van der Waals surface area (Å²) in [6, 6.07) is 0. The van der Waals surface area contributed by atoms with E-state index < -0.39 is 0 Å². The molecule has 0 fully saturated rings. The third-order valence-electron chi connectivity index (χ3n) is 1.10. The first-order valence-corrected chi connectivity index (χ1v) is 3.53. The van der Waals surface area contributed by atoms with Crippen LogP contribution in [0.2, 0.25) is 10.3 Å². The predicted octanol–water partition coefficient (Wildman–Crippen LogP) is 1.26. The summed E-state index contributed by atoms with van der Waals surface area (Å²) >= 11 is 11.2. The van der Waals surface area contributed by atoms with Crippen LogP contribution < -0.4 is 5.48 Å². The van der Waals surface area contributed by atoms with Gasteiger partial charge in [-0.25, -0.2) is 15.4 Å². The van der Waals surface area contributed by atoms with Gasteiger partial charge in [0.1, 0.15) is 16.6 Å². The van der Waals surface area contributed by atoms with Crippen LogP contribution in [0.3, 0.4) is 0 Å². The molecule has 0 saturated carbocycles. The lowest BCUT2D eigenvalue weighted by atomic mass is 10.3. The summed E-state index contributed by atoms with van der Waals surface area (Å²) in [5.74, 6) is 0. The number of nitrogens with one attached hydrogen (secondary N) is 1. The molecule has 0 amide bonds. The fourth-order valence-electron chi connectivity index (χ4n) is 0.596. The summed E-state index contributed by atoms with van der Waals surface area (Å²) in [5.41, 5.74) is 2.40. The number of nitrogens with zero attached hydrogens (tertiary/aromatic N) is 2. The van der Waals surface area contributed by atoms with E-state index in [1.54, 1.807) is 0 Å². The van der Waals surface area contributed by atoms with E-state index in [9.17, 15) is 0 Å². The minimum atomic E-state index is 0.137. The molecule has 0 atom stereocenters. The average molecular weight is 194 g/mol. The molecular formula is C5H5Cl2N3O. The van der Waals surface area contributed by atoms with Crippen molar-refractivity contribution >= 4 is 23.2 Å². The molecule has 0 radical (unpaired) electrons. The second-order valence-electron chi connectivity index (χ2n) is 1.77. The lowest BCUT2D eigenvalue weighted by molar-refractivity contribution is 0.161. The highest BCUT2D eigenvalue weighted by Crippen LogP contribution is 2.18. The third-order valence-corrected chi connectivity index (χ3v) is 1.75. The second kappa shape index (κ2) is 3.82. The van der Waals surface area contributed by atoms with Crippen molar-refractivity contribution in [3.8, 4) is 0 Å². The van der Waals surface area contributed by atoms with Gasteiger partial charge in [0.25, 0.3) is 0 Å². The molecule has 11 heavy (non-hydrogen) atoms. The van der Waals surface area contributed by atoms with E-state index in [2.05, 4.69) is 9.97 Å². The van der Waals surface area contributed by atoms with Crippen LogP contribution in [0.15, 0.2) is 6.33 Å². The largest absolute Gasteiger partial charge is 0.316 e. The molecule has 1 rings (SSSR count). The first-order chi connectivity index (χ1) is 5.25. The SMILES string of the molecule is ONCc1c(Cl)ncnc1Cl. The van der Waals surface area contributed by atoms with Crippen molar-refractivity contribution in [2.75, 3.05) is 0 Å². The molecule has 1 aromatic heterocycles. The van der Waals surface area contributed by atoms with Gasteiger partial charge in [-0.3, -0.25) is 0 Å². The third kappa shape index (κ3) is 2.00. The van der Waals surface area contributed by atoms with Gasteiger partial charge in [0.05, 0.1) is 6.54 Å². The summed E-state index contributed by atoms with van der Waals surface area (Å²) in [5, 5.41) is 8.83. The fourth-order valence-corrected chi connectivity index (χ4v) is 1.04. The van der Waals surface area contributed by atoms with E-state index in [0.29, 0.717) is 5.56 Å². The Morgan fingerprint density at radius 1 is 1.36 bits per heavy atom. The van der Waals surface area contributed by atoms with Gasteiger partial charge in [-0.15, -0.1) is 0 Å². The van der Waals surface area contributed by atoms with E-state index in [1.165, 1.54) is 6.33 Å². The van der Waals surface area contributed by atoms with Crippen LogP contribution in [0, 0.1) is 0 Å². The smallest absolute Gasteiger partial charge is 0.138 e. The molecule has 0 aromatic carbocycles. The van der Waals surface area contributed by atoms with E-state index in [-0.39, 0.29) is 16.9 Å². The summed E-state index contributed by atoms with van der Waals surface area (Å²) in [6.45, 7) is 0.137. The molecule has 0 unspecified atom stereocenters. The minimum Gasteiger partial charge on any atom is -0.316 e. The minimum absolute atomic E-state index is 0.137. The molecule has 1 aromatic rings. The first-order valence-electron chi connectivity index (χ1n) is 2.77. The lowest BCUT2D eigenvalue weighted by Crippen LogP contribution is -2.08. The van der Waals surface area contributed by atoms with Crippen LogP contribution >= 0.6 is 23.2 Å². The van der Waals surface area contributed by atoms with Crippen LogP contribution in [0.5, 0.6) is 0 Å². The fraction of sp³-hybridized carbons (Fsp3) is 0.200. The molecule has 4 nitrogen and oxygen atoms in total.